The van der Waals surface area contributed by atoms with Crippen molar-refractivity contribution in [3.8, 4) is 0 Å². The van der Waals surface area contributed by atoms with Crippen LogP contribution in [0, 0.1) is 0 Å². The smallest absolute Gasteiger partial charge is 0.332 e. The van der Waals surface area contributed by atoms with Crippen LogP contribution in [0.4, 0.5) is 18.9 Å². The molecule has 1 fully saturated rings. The summed E-state index contributed by atoms with van der Waals surface area (Å²) in [6.07, 6.45) is -0.590. The molecule has 1 aromatic carbocycles. The van der Waals surface area contributed by atoms with Crippen molar-refractivity contribution in [2.45, 2.75) is 25.7 Å². The number of fused-ring (bicyclic) bond motifs is 2. The Bertz CT molecular complexity index is 1610. The number of rotatable bonds is 5. The normalized spacial score (nSPS) is 16.6. The van der Waals surface area contributed by atoms with E-state index >= 15 is 0 Å². The zero-order valence-corrected chi connectivity index (χ0v) is 23.3. The molecule has 0 spiro atoms. The number of hydrogen-bond acceptors (Lipinski definition) is 6. The largest absolute Gasteiger partial charge is 0.416 e. The van der Waals surface area contributed by atoms with Crippen LogP contribution in [0.25, 0.3) is 5.65 Å². The molecule has 4 aromatic rings. The van der Waals surface area contributed by atoms with E-state index in [0.29, 0.717) is 47.8 Å². The second-order valence-corrected chi connectivity index (χ2v) is 11.7. The van der Waals surface area contributed by atoms with Crippen LogP contribution >= 0.6 is 11.3 Å². The summed E-state index contributed by atoms with van der Waals surface area (Å²) in [7, 11) is 2.02. The fourth-order valence-corrected chi connectivity index (χ4v) is 6.46. The molecule has 2 amide bonds. The first kappa shape index (κ1) is 27.4. The molecule has 0 atom stereocenters. The third-order valence-corrected chi connectivity index (χ3v) is 8.77. The van der Waals surface area contributed by atoms with Crippen LogP contribution in [0.15, 0.2) is 54.9 Å². The summed E-state index contributed by atoms with van der Waals surface area (Å²) < 4.78 is 42.9. The van der Waals surface area contributed by atoms with Gasteiger partial charge in [0, 0.05) is 56.0 Å². The van der Waals surface area contributed by atoms with Crippen LogP contribution in [-0.2, 0) is 25.7 Å². The molecule has 0 bridgehead atoms. The van der Waals surface area contributed by atoms with Gasteiger partial charge < -0.3 is 15.1 Å². The second-order valence-electron chi connectivity index (χ2n) is 10.6. The number of alkyl halides is 3. The molecule has 0 aliphatic carbocycles. The SMILES string of the molecule is CN1CCN(Cc2cc(NC(=O)c3cc4c(s3)CN(C(=O)c3cnc5ccccn35)CC4)cc(C(F)(F)F)c2)CC1. The summed E-state index contributed by atoms with van der Waals surface area (Å²) in [5.41, 5.74) is 1.96. The van der Waals surface area contributed by atoms with Crippen molar-refractivity contribution < 1.29 is 22.8 Å². The quantitative estimate of drug-likeness (QED) is 0.372. The molecule has 214 valence electrons. The lowest BCUT2D eigenvalue weighted by Crippen LogP contribution is -2.43. The number of aromatic nitrogens is 2. The number of halogens is 3. The monoisotopic (exact) mass is 582 g/mol. The highest BCUT2D eigenvalue weighted by molar-refractivity contribution is 7.14. The van der Waals surface area contributed by atoms with Gasteiger partial charge in [-0.3, -0.25) is 18.9 Å². The molecule has 1 N–H and O–H groups in total. The Kier molecular flexibility index (Phi) is 7.30. The Labute approximate surface area is 239 Å². The Hall–Kier alpha value is -3.74. The first-order chi connectivity index (χ1) is 19.6. The number of piperazine rings is 1. The molecule has 3 aromatic heterocycles. The number of likely N-dealkylation sites (N-methyl/N-ethyl adjacent to an activating group) is 1. The van der Waals surface area contributed by atoms with Crippen molar-refractivity contribution >= 4 is 34.5 Å². The lowest BCUT2D eigenvalue weighted by Gasteiger charge is -2.32. The summed E-state index contributed by atoms with van der Waals surface area (Å²) in [4.78, 5) is 38.1. The number of benzene rings is 1. The summed E-state index contributed by atoms with van der Waals surface area (Å²) in [6, 6.07) is 11.1. The highest BCUT2D eigenvalue weighted by Crippen LogP contribution is 2.34. The van der Waals surface area contributed by atoms with Gasteiger partial charge in [0.1, 0.15) is 11.3 Å². The third-order valence-electron chi connectivity index (χ3n) is 7.61. The maximum Gasteiger partial charge on any atom is 0.416 e. The molecule has 41 heavy (non-hydrogen) atoms. The van der Waals surface area contributed by atoms with Gasteiger partial charge in [0.05, 0.1) is 23.2 Å². The average Bonchev–Trinajstić information content (AvgIpc) is 3.58. The van der Waals surface area contributed by atoms with Gasteiger partial charge in [0.15, 0.2) is 0 Å². The van der Waals surface area contributed by atoms with Crippen molar-refractivity contribution in [1.82, 2.24) is 24.1 Å². The van der Waals surface area contributed by atoms with Crippen LogP contribution in [0.3, 0.4) is 0 Å². The van der Waals surface area contributed by atoms with Gasteiger partial charge in [-0.25, -0.2) is 4.98 Å². The van der Waals surface area contributed by atoms with Crippen molar-refractivity contribution in [1.29, 1.82) is 0 Å². The van der Waals surface area contributed by atoms with Gasteiger partial charge in [0.25, 0.3) is 11.8 Å². The third kappa shape index (κ3) is 5.85. The average molecular weight is 583 g/mol. The van der Waals surface area contributed by atoms with Crippen molar-refractivity contribution in [3.63, 3.8) is 0 Å². The lowest BCUT2D eigenvalue weighted by molar-refractivity contribution is -0.137. The number of hydrogen-bond donors (Lipinski definition) is 1. The van der Waals surface area contributed by atoms with E-state index in [4.69, 9.17) is 0 Å². The number of nitrogens with zero attached hydrogens (tertiary/aromatic N) is 5. The predicted molar refractivity (Wildman–Crippen MR) is 150 cm³/mol. The van der Waals surface area contributed by atoms with Gasteiger partial charge in [-0.2, -0.15) is 13.2 Å². The molecular formula is C29H29F3N6O2S. The Morgan fingerprint density at radius 1 is 1.05 bits per heavy atom. The van der Waals surface area contributed by atoms with Crippen LogP contribution in [0.5, 0.6) is 0 Å². The first-order valence-electron chi connectivity index (χ1n) is 13.4. The standard InChI is InChI=1S/C29H29F3N6O2S/c1-35-8-10-36(11-9-35)17-19-12-21(29(30,31)32)15-22(13-19)34-27(39)24-14-20-5-7-37(18-25(20)41-24)28(40)23-16-33-26-4-2-3-6-38(23)26/h2-4,6,12-16H,5,7-11,17-18H2,1H3,(H,34,39). The van der Waals surface area contributed by atoms with Crippen molar-refractivity contribution in [3.05, 3.63) is 87.0 Å². The second kappa shape index (κ2) is 10.9. The van der Waals surface area contributed by atoms with E-state index in [2.05, 4.69) is 20.1 Å². The van der Waals surface area contributed by atoms with Crippen molar-refractivity contribution in [2.24, 2.45) is 0 Å². The topological polar surface area (TPSA) is 73.2 Å². The molecule has 2 aliphatic rings. The van der Waals surface area contributed by atoms with Gasteiger partial charge in [-0.1, -0.05) is 6.07 Å². The molecule has 2 aliphatic heterocycles. The predicted octanol–water partition coefficient (Wildman–Crippen LogP) is 4.61. The van der Waals surface area contributed by atoms with E-state index in [0.717, 1.165) is 48.8 Å². The Balaban J connectivity index is 1.17. The zero-order chi connectivity index (χ0) is 28.7. The molecule has 8 nitrogen and oxygen atoms in total. The minimum Gasteiger partial charge on any atom is -0.332 e. The maximum absolute atomic E-state index is 13.7. The number of imidazole rings is 1. The van der Waals surface area contributed by atoms with Gasteiger partial charge in [-0.05, 0) is 61.0 Å². The molecule has 5 heterocycles. The molecule has 0 radical (unpaired) electrons. The maximum atomic E-state index is 13.7. The van der Waals surface area contributed by atoms with E-state index in [1.807, 2.05) is 25.2 Å². The number of amides is 2. The van der Waals surface area contributed by atoms with Gasteiger partial charge in [-0.15, -0.1) is 11.3 Å². The molecule has 6 rings (SSSR count). The van der Waals surface area contributed by atoms with Crippen LogP contribution < -0.4 is 5.32 Å². The van der Waals surface area contributed by atoms with E-state index in [-0.39, 0.29) is 11.6 Å². The Morgan fingerprint density at radius 3 is 2.63 bits per heavy atom. The number of carbonyl (C=O) groups excluding carboxylic acids is 2. The number of nitrogens with one attached hydrogen (secondary N) is 1. The molecule has 0 unspecified atom stereocenters. The minimum absolute atomic E-state index is 0.115. The van der Waals surface area contributed by atoms with E-state index in [1.165, 1.54) is 11.3 Å². The van der Waals surface area contributed by atoms with E-state index < -0.39 is 17.6 Å². The lowest BCUT2D eigenvalue weighted by atomic mass is 10.1. The van der Waals surface area contributed by atoms with E-state index in [1.54, 1.807) is 33.8 Å². The highest BCUT2D eigenvalue weighted by Gasteiger charge is 2.32. The molecule has 12 heteroatoms. The molecular weight excluding hydrogens is 553 g/mol. The summed E-state index contributed by atoms with van der Waals surface area (Å²) in [6.45, 7) is 4.47. The fourth-order valence-electron chi connectivity index (χ4n) is 5.33. The van der Waals surface area contributed by atoms with Crippen LogP contribution in [-0.4, -0.2) is 75.7 Å². The Morgan fingerprint density at radius 2 is 1.85 bits per heavy atom. The van der Waals surface area contributed by atoms with Crippen molar-refractivity contribution in [2.75, 3.05) is 45.1 Å². The first-order valence-corrected chi connectivity index (χ1v) is 14.2. The summed E-state index contributed by atoms with van der Waals surface area (Å²) >= 11 is 1.26. The highest BCUT2D eigenvalue weighted by atomic mass is 32.1. The zero-order valence-electron chi connectivity index (χ0n) is 22.4. The number of carbonyl (C=O) groups is 2. The van der Waals surface area contributed by atoms with Crippen LogP contribution in [0.2, 0.25) is 0 Å². The summed E-state index contributed by atoms with van der Waals surface area (Å²) in [5, 5.41) is 2.69. The molecule has 1 saturated heterocycles. The fraction of sp³-hybridized carbons (Fsp3) is 0.345. The number of pyridine rings is 1. The van der Waals surface area contributed by atoms with Gasteiger partial charge >= 0.3 is 6.18 Å². The van der Waals surface area contributed by atoms with Crippen LogP contribution in [0.1, 0.15) is 41.7 Å². The minimum atomic E-state index is -4.53. The van der Waals surface area contributed by atoms with E-state index in [9.17, 15) is 22.8 Å². The van der Waals surface area contributed by atoms with Gasteiger partial charge in [0.2, 0.25) is 0 Å². The number of thiophene rings is 1. The molecule has 0 saturated carbocycles. The summed E-state index contributed by atoms with van der Waals surface area (Å²) in [5.74, 6) is -0.612. The number of anilines is 1.